The molecule has 90 valence electrons. The third-order valence-corrected chi connectivity index (χ3v) is 2.58. The van der Waals surface area contributed by atoms with Crippen LogP contribution in [0.5, 0.6) is 5.75 Å². The van der Waals surface area contributed by atoms with Gasteiger partial charge < -0.3 is 15.9 Å². The minimum absolute atomic E-state index is 0.0891. The van der Waals surface area contributed by atoms with Crippen LogP contribution in [0.2, 0.25) is 0 Å². The maximum absolute atomic E-state index is 9.98. The number of rotatable bonds is 4. The van der Waals surface area contributed by atoms with Gasteiger partial charge in [-0.05, 0) is 6.07 Å². The van der Waals surface area contributed by atoms with Crippen molar-refractivity contribution in [3.05, 3.63) is 47.8 Å². The smallest absolute Gasteiger partial charge is 0.121 e. The van der Waals surface area contributed by atoms with Crippen molar-refractivity contribution < 1.29 is 10.2 Å². The Morgan fingerprint density at radius 1 is 1.35 bits per heavy atom. The van der Waals surface area contributed by atoms with E-state index in [4.69, 9.17) is 5.73 Å². The molecular weight excluding hydrogens is 218 g/mol. The average molecular weight is 233 g/mol. The second-order valence-corrected chi connectivity index (χ2v) is 3.85. The van der Waals surface area contributed by atoms with Crippen LogP contribution in [0, 0.1) is 0 Å². The van der Waals surface area contributed by atoms with Crippen molar-refractivity contribution in [3.63, 3.8) is 0 Å². The van der Waals surface area contributed by atoms with Gasteiger partial charge in [-0.2, -0.15) is 5.10 Å². The summed E-state index contributed by atoms with van der Waals surface area (Å²) >= 11 is 0. The zero-order valence-corrected chi connectivity index (χ0v) is 9.32. The Kier molecular flexibility index (Phi) is 3.41. The summed E-state index contributed by atoms with van der Waals surface area (Å²) in [5.41, 5.74) is 6.88. The highest BCUT2D eigenvalue weighted by molar-refractivity contribution is 5.33. The van der Waals surface area contributed by atoms with Crippen molar-refractivity contribution in [2.24, 2.45) is 5.73 Å². The summed E-state index contributed by atoms with van der Waals surface area (Å²) in [6.45, 7) is 0.713. The lowest BCUT2D eigenvalue weighted by molar-refractivity contribution is 0.148. The number of nitrogens with two attached hydrogens (primary N) is 1. The van der Waals surface area contributed by atoms with E-state index in [0.29, 0.717) is 12.1 Å². The van der Waals surface area contributed by atoms with Crippen LogP contribution >= 0.6 is 0 Å². The predicted octanol–water partition coefficient (Wildman–Crippen LogP) is 0.781. The molecule has 1 unspecified atom stereocenters. The fraction of sp³-hybridized carbons (Fsp3) is 0.250. The van der Waals surface area contributed by atoms with E-state index < -0.39 is 6.10 Å². The number of aliphatic hydroxyl groups excluding tert-OH is 1. The molecule has 0 aliphatic rings. The molecule has 1 heterocycles. The molecule has 2 rings (SSSR count). The lowest BCUT2D eigenvalue weighted by Crippen LogP contribution is -2.09. The van der Waals surface area contributed by atoms with Gasteiger partial charge in [0, 0.05) is 23.9 Å². The lowest BCUT2D eigenvalue weighted by Gasteiger charge is -2.12. The number of aromatic nitrogens is 2. The zero-order chi connectivity index (χ0) is 12.3. The number of phenols is 1. The molecule has 0 aliphatic heterocycles. The van der Waals surface area contributed by atoms with Gasteiger partial charge in [-0.3, -0.25) is 4.68 Å². The van der Waals surface area contributed by atoms with Crippen LogP contribution in [-0.2, 0) is 13.1 Å². The molecule has 5 nitrogen and oxygen atoms in total. The van der Waals surface area contributed by atoms with E-state index in [0.717, 1.165) is 5.56 Å². The number of benzene rings is 1. The molecule has 2 aromatic rings. The van der Waals surface area contributed by atoms with Crippen LogP contribution in [0.25, 0.3) is 0 Å². The predicted molar refractivity (Wildman–Crippen MR) is 63.2 cm³/mol. The van der Waals surface area contributed by atoms with E-state index in [2.05, 4.69) is 5.10 Å². The van der Waals surface area contributed by atoms with E-state index in [1.54, 1.807) is 41.3 Å². The van der Waals surface area contributed by atoms with Crippen molar-refractivity contribution in [3.8, 4) is 5.75 Å². The number of nitrogens with zero attached hydrogens (tertiary/aromatic N) is 2. The summed E-state index contributed by atoms with van der Waals surface area (Å²) in [6.07, 6.45) is 2.66. The van der Waals surface area contributed by atoms with Crippen molar-refractivity contribution in [2.75, 3.05) is 0 Å². The summed E-state index contributed by atoms with van der Waals surface area (Å²) in [6, 6.07) is 6.72. The molecule has 0 spiro atoms. The fourth-order valence-electron chi connectivity index (χ4n) is 1.66. The van der Waals surface area contributed by atoms with Gasteiger partial charge in [0.25, 0.3) is 0 Å². The third kappa shape index (κ3) is 2.64. The van der Waals surface area contributed by atoms with Crippen molar-refractivity contribution in [1.29, 1.82) is 0 Å². The maximum atomic E-state index is 9.98. The topological polar surface area (TPSA) is 84.3 Å². The first kappa shape index (κ1) is 11.6. The van der Waals surface area contributed by atoms with Crippen LogP contribution in [-0.4, -0.2) is 20.0 Å². The highest BCUT2D eigenvalue weighted by atomic mass is 16.3. The Balaban J connectivity index is 2.11. The van der Waals surface area contributed by atoms with E-state index in [-0.39, 0.29) is 12.3 Å². The Bertz CT molecular complexity index is 496. The number of aliphatic hydroxyl groups is 1. The maximum Gasteiger partial charge on any atom is 0.121 e. The standard InChI is InChI=1S/C12H15N3O2/c13-5-9-6-14-15(7-9)8-12(17)10-3-1-2-4-11(10)16/h1-4,6-7,12,16-17H,5,8,13H2. The van der Waals surface area contributed by atoms with Gasteiger partial charge in [-0.15, -0.1) is 0 Å². The van der Waals surface area contributed by atoms with Crippen LogP contribution < -0.4 is 5.73 Å². The Hall–Kier alpha value is -1.85. The summed E-state index contributed by atoms with van der Waals surface area (Å²) in [4.78, 5) is 0. The van der Waals surface area contributed by atoms with Crippen LogP contribution in [0.1, 0.15) is 17.2 Å². The summed E-state index contributed by atoms with van der Waals surface area (Å²) in [5, 5.41) is 23.7. The van der Waals surface area contributed by atoms with E-state index in [1.807, 2.05) is 0 Å². The van der Waals surface area contributed by atoms with Gasteiger partial charge in [0.15, 0.2) is 0 Å². The molecule has 0 saturated carbocycles. The highest BCUT2D eigenvalue weighted by Crippen LogP contribution is 2.24. The molecule has 17 heavy (non-hydrogen) atoms. The first-order valence-corrected chi connectivity index (χ1v) is 5.38. The molecular formula is C12H15N3O2. The second-order valence-electron chi connectivity index (χ2n) is 3.85. The molecule has 0 amide bonds. The first-order valence-electron chi connectivity index (χ1n) is 5.38. The molecule has 0 fully saturated rings. The van der Waals surface area contributed by atoms with Gasteiger partial charge in [-0.25, -0.2) is 0 Å². The SMILES string of the molecule is NCc1cnn(CC(O)c2ccccc2O)c1. The lowest BCUT2D eigenvalue weighted by atomic mass is 10.1. The summed E-state index contributed by atoms with van der Waals surface area (Å²) in [7, 11) is 0. The van der Waals surface area contributed by atoms with Gasteiger partial charge in [0.05, 0.1) is 12.7 Å². The number of phenolic OH excluding ortho intramolecular Hbond substituents is 1. The normalized spacial score (nSPS) is 12.6. The second kappa shape index (κ2) is 4.99. The Morgan fingerprint density at radius 3 is 2.76 bits per heavy atom. The molecule has 1 atom stereocenters. The molecule has 0 aliphatic carbocycles. The van der Waals surface area contributed by atoms with Gasteiger partial charge >= 0.3 is 0 Å². The summed E-state index contributed by atoms with van der Waals surface area (Å²) in [5.74, 6) is 0.0891. The van der Waals surface area contributed by atoms with Crippen molar-refractivity contribution in [1.82, 2.24) is 9.78 Å². The number of para-hydroxylation sites is 1. The molecule has 5 heteroatoms. The largest absolute Gasteiger partial charge is 0.508 e. The first-order chi connectivity index (χ1) is 8.20. The van der Waals surface area contributed by atoms with Crippen molar-refractivity contribution in [2.45, 2.75) is 19.2 Å². The van der Waals surface area contributed by atoms with E-state index >= 15 is 0 Å². The van der Waals surface area contributed by atoms with Crippen LogP contribution in [0.4, 0.5) is 0 Å². The quantitative estimate of drug-likeness (QED) is 0.728. The minimum atomic E-state index is -0.790. The van der Waals surface area contributed by atoms with E-state index in [1.165, 1.54) is 0 Å². The number of hydrogen-bond acceptors (Lipinski definition) is 4. The summed E-state index contributed by atoms with van der Waals surface area (Å²) < 4.78 is 1.61. The Morgan fingerprint density at radius 2 is 2.12 bits per heavy atom. The monoisotopic (exact) mass is 233 g/mol. The van der Waals surface area contributed by atoms with Crippen molar-refractivity contribution >= 4 is 0 Å². The van der Waals surface area contributed by atoms with Gasteiger partial charge in [-0.1, -0.05) is 18.2 Å². The third-order valence-electron chi connectivity index (χ3n) is 2.58. The molecule has 4 N–H and O–H groups in total. The minimum Gasteiger partial charge on any atom is -0.508 e. The number of hydrogen-bond donors (Lipinski definition) is 3. The van der Waals surface area contributed by atoms with E-state index in [9.17, 15) is 10.2 Å². The van der Waals surface area contributed by atoms with Crippen LogP contribution in [0.3, 0.4) is 0 Å². The molecule has 1 aromatic heterocycles. The Labute approximate surface area is 99.1 Å². The van der Waals surface area contributed by atoms with Gasteiger partial charge in [0.1, 0.15) is 11.9 Å². The fourth-order valence-corrected chi connectivity index (χ4v) is 1.66. The highest BCUT2D eigenvalue weighted by Gasteiger charge is 2.12. The van der Waals surface area contributed by atoms with Gasteiger partial charge in [0.2, 0.25) is 0 Å². The molecule has 0 radical (unpaired) electrons. The average Bonchev–Trinajstić information content (AvgIpc) is 2.77. The number of aromatic hydroxyl groups is 1. The van der Waals surface area contributed by atoms with Crippen LogP contribution in [0.15, 0.2) is 36.7 Å². The molecule has 1 aromatic carbocycles. The zero-order valence-electron chi connectivity index (χ0n) is 9.32. The molecule has 0 bridgehead atoms. The molecule has 0 saturated heterocycles.